The second-order valence-electron chi connectivity index (χ2n) is 5.23. The molecule has 110 valence electrons. The quantitative estimate of drug-likeness (QED) is 0.790. The van der Waals surface area contributed by atoms with E-state index in [1.54, 1.807) is 11.9 Å². The lowest BCUT2D eigenvalue weighted by molar-refractivity contribution is 0.100. The normalized spacial score (nSPS) is 15.5. The molecule has 1 aromatic carbocycles. The van der Waals surface area contributed by atoms with E-state index in [-0.39, 0.29) is 11.3 Å². The summed E-state index contributed by atoms with van der Waals surface area (Å²) < 4.78 is 14.0. The molecule has 1 amide bonds. The Morgan fingerprint density at radius 2 is 2.05 bits per heavy atom. The van der Waals surface area contributed by atoms with Gasteiger partial charge in [-0.3, -0.25) is 4.79 Å². The summed E-state index contributed by atoms with van der Waals surface area (Å²) >= 11 is 0. The number of nitrogens with zero attached hydrogens (tertiary/aromatic N) is 2. The van der Waals surface area contributed by atoms with Crippen molar-refractivity contribution in [2.45, 2.75) is 12.8 Å². The van der Waals surface area contributed by atoms with E-state index in [0.29, 0.717) is 12.2 Å². The zero-order chi connectivity index (χ0) is 14.7. The number of nitrogens with two attached hydrogens (primary N) is 2. The summed E-state index contributed by atoms with van der Waals surface area (Å²) in [5.41, 5.74) is 11.4. The van der Waals surface area contributed by atoms with Crippen molar-refractivity contribution in [2.24, 2.45) is 5.73 Å². The van der Waals surface area contributed by atoms with Crippen LogP contribution in [-0.4, -0.2) is 44.0 Å². The first-order chi connectivity index (χ1) is 9.49. The van der Waals surface area contributed by atoms with Gasteiger partial charge in [0.15, 0.2) is 0 Å². The fourth-order valence-corrected chi connectivity index (χ4v) is 2.50. The number of benzene rings is 1. The predicted octanol–water partition coefficient (Wildman–Crippen LogP) is 1.04. The number of nitrogen functional groups attached to an aromatic ring is 1. The zero-order valence-electron chi connectivity index (χ0n) is 11.7. The van der Waals surface area contributed by atoms with Gasteiger partial charge in [0, 0.05) is 25.8 Å². The van der Waals surface area contributed by atoms with Crippen LogP contribution >= 0.6 is 0 Å². The first-order valence-corrected chi connectivity index (χ1v) is 6.81. The topological polar surface area (TPSA) is 75.6 Å². The number of primary amides is 1. The van der Waals surface area contributed by atoms with Gasteiger partial charge in [-0.2, -0.15) is 0 Å². The van der Waals surface area contributed by atoms with Gasteiger partial charge in [0.05, 0.1) is 11.3 Å². The maximum Gasteiger partial charge on any atom is 0.250 e. The van der Waals surface area contributed by atoms with Crippen LogP contribution in [-0.2, 0) is 0 Å². The van der Waals surface area contributed by atoms with Crippen LogP contribution in [0.1, 0.15) is 23.2 Å². The minimum atomic E-state index is -0.642. The van der Waals surface area contributed by atoms with Gasteiger partial charge in [0.2, 0.25) is 0 Å². The summed E-state index contributed by atoms with van der Waals surface area (Å²) in [7, 11) is 1.80. The van der Waals surface area contributed by atoms with Gasteiger partial charge < -0.3 is 21.3 Å². The molecule has 0 saturated carbocycles. The number of anilines is 2. The molecule has 2 rings (SSSR count). The molecule has 20 heavy (non-hydrogen) atoms. The van der Waals surface area contributed by atoms with E-state index in [1.165, 1.54) is 18.9 Å². The third kappa shape index (κ3) is 3.19. The average Bonchev–Trinajstić information content (AvgIpc) is 2.88. The molecule has 1 aromatic rings. The van der Waals surface area contributed by atoms with Crippen LogP contribution < -0.4 is 16.4 Å². The number of likely N-dealkylation sites (tertiary alicyclic amines) is 1. The van der Waals surface area contributed by atoms with Crippen LogP contribution in [0.15, 0.2) is 12.1 Å². The summed E-state index contributed by atoms with van der Waals surface area (Å²) in [6.07, 6.45) is 2.46. The maximum absolute atomic E-state index is 14.0. The number of hydrogen-bond donors (Lipinski definition) is 2. The molecule has 0 aromatic heterocycles. The van der Waals surface area contributed by atoms with Gasteiger partial charge in [-0.25, -0.2) is 4.39 Å². The third-order valence-electron chi connectivity index (χ3n) is 3.75. The van der Waals surface area contributed by atoms with E-state index >= 15 is 0 Å². The van der Waals surface area contributed by atoms with E-state index < -0.39 is 11.7 Å². The van der Waals surface area contributed by atoms with Crippen molar-refractivity contribution in [3.8, 4) is 0 Å². The SMILES string of the molecule is CN(CCN1CCCC1)c1cc(C(N)=O)c(N)cc1F. The summed E-state index contributed by atoms with van der Waals surface area (Å²) in [5.74, 6) is -1.08. The Morgan fingerprint density at radius 1 is 1.40 bits per heavy atom. The summed E-state index contributed by atoms with van der Waals surface area (Å²) in [4.78, 5) is 15.4. The van der Waals surface area contributed by atoms with E-state index in [9.17, 15) is 9.18 Å². The van der Waals surface area contributed by atoms with Crippen molar-refractivity contribution < 1.29 is 9.18 Å². The number of carbonyl (C=O) groups is 1. The Balaban J connectivity index is 2.09. The second-order valence-corrected chi connectivity index (χ2v) is 5.23. The summed E-state index contributed by atoms with van der Waals surface area (Å²) in [6.45, 7) is 3.78. The number of hydrogen-bond acceptors (Lipinski definition) is 4. The molecule has 0 spiro atoms. The van der Waals surface area contributed by atoms with Crippen LogP contribution in [0, 0.1) is 5.82 Å². The molecule has 0 atom stereocenters. The van der Waals surface area contributed by atoms with Crippen molar-refractivity contribution >= 4 is 17.3 Å². The molecule has 1 heterocycles. The first-order valence-electron chi connectivity index (χ1n) is 6.81. The minimum Gasteiger partial charge on any atom is -0.398 e. The Kier molecular flexibility index (Phi) is 4.44. The van der Waals surface area contributed by atoms with E-state index in [1.807, 2.05) is 0 Å². The molecule has 0 bridgehead atoms. The molecule has 1 aliphatic heterocycles. The fraction of sp³-hybridized carbons (Fsp3) is 0.500. The standard InChI is InChI=1S/C14H21FN4O/c1-18(6-7-19-4-2-3-5-19)13-8-10(14(17)20)12(16)9-11(13)15/h8-9H,2-7,16H2,1H3,(H2,17,20). The molecule has 0 aliphatic carbocycles. The Labute approximate surface area is 118 Å². The molecule has 4 N–H and O–H groups in total. The molecule has 1 fully saturated rings. The molecule has 0 unspecified atom stereocenters. The monoisotopic (exact) mass is 280 g/mol. The minimum absolute atomic E-state index is 0.0756. The number of amides is 1. The lowest BCUT2D eigenvalue weighted by Gasteiger charge is -2.24. The second kappa shape index (κ2) is 6.09. The van der Waals surface area contributed by atoms with Crippen molar-refractivity contribution in [3.05, 3.63) is 23.5 Å². The highest BCUT2D eigenvalue weighted by atomic mass is 19.1. The van der Waals surface area contributed by atoms with Crippen LogP contribution in [0.2, 0.25) is 0 Å². The van der Waals surface area contributed by atoms with Crippen LogP contribution in [0.3, 0.4) is 0 Å². The van der Waals surface area contributed by atoms with Gasteiger partial charge in [-0.15, -0.1) is 0 Å². The predicted molar refractivity (Wildman–Crippen MR) is 78.3 cm³/mol. The smallest absolute Gasteiger partial charge is 0.250 e. The van der Waals surface area contributed by atoms with E-state index in [4.69, 9.17) is 11.5 Å². The van der Waals surface area contributed by atoms with E-state index in [0.717, 1.165) is 25.7 Å². The van der Waals surface area contributed by atoms with Gasteiger partial charge in [-0.05, 0) is 38.1 Å². The molecule has 1 aliphatic rings. The number of likely N-dealkylation sites (N-methyl/N-ethyl adjacent to an activating group) is 1. The highest BCUT2D eigenvalue weighted by Gasteiger charge is 2.16. The van der Waals surface area contributed by atoms with Crippen molar-refractivity contribution in [1.82, 2.24) is 4.90 Å². The highest BCUT2D eigenvalue weighted by molar-refractivity contribution is 5.99. The number of rotatable bonds is 5. The van der Waals surface area contributed by atoms with Crippen molar-refractivity contribution in [1.29, 1.82) is 0 Å². The zero-order valence-corrected chi connectivity index (χ0v) is 11.7. The van der Waals surface area contributed by atoms with Crippen LogP contribution in [0.25, 0.3) is 0 Å². The first kappa shape index (κ1) is 14.6. The van der Waals surface area contributed by atoms with E-state index in [2.05, 4.69) is 4.90 Å². The Hall–Kier alpha value is -1.82. The van der Waals surface area contributed by atoms with Gasteiger partial charge in [0.1, 0.15) is 5.82 Å². The molecule has 6 heteroatoms. The maximum atomic E-state index is 14.0. The number of halogens is 1. The lowest BCUT2D eigenvalue weighted by atomic mass is 10.1. The fourth-order valence-electron chi connectivity index (χ4n) is 2.50. The van der Waals surface area contributed by atoms with Gasteiger partial charge >= 0.3 is 0 Å². The van der Waals surface area contributed by atoms with Crippen LogP contribution in [0.4, 0.5) is 15.8 Å². The van der Waals surface area contributed by atoms with Gasteiger partial charge in [0.25, 0.3) is 5.91 Å². The summed E-state index contributed by atoms with van der Waals surface area (Å²) in [5, 5.41) is 0. The molecular weight excluding hydrogens is 259 g/mol. The van der Waals surface area contributed by atoms with Crippen molar-refractivity contribution in [3.63, 3.8) is 0 Å². The largest absolute Gasteiger partial charge is 0.398 e. The third-order valence-corrected chi connectivity index (χ3v) is 3.75. The summed E-state index contributed by atoms with van der Waals surface area (Å²) in [6, 6.07) is 2.58. The molecule has 5 nitrogen and oxygen atoms in total. The van der Waals surface area contributed by atoms with Gasteiger partial charge in [-0.1, -0.05) is 0 Å². The Morgan fingerprint density at radius 3 is 2.65 bits per heavy atom. The molecule has 0 radical (unpaired) electrons. The van der Waals surface area contributed by atoms with Crippen LogP contribution in [0.5, 0.6) is 0 Å². The molecule has 1 saturated heterocycles. The Bertz CT molecular complexity index is 500. The van der Waals surface area contributed by atoms with Crippen molar-refractivity contribution in [2.75, 3.05) is 43.9 Å². The lowest BCUT2D eigenvalue weighted by Crippen LogP contribution is -2.32. The number of carbonyl (C=O) groups excluding carboxylic acids is 1. The average molecular weight is 280 g/mol. The molecular formula is C14H21FN4O. The highest BCUT2D eigenvalue weighted by Crippen LogP contribution is 2.24.